The lowest BCUT2D eigenvalue weighted by Crippen LogP contribution is -2.84. The van der Waals surface area contributed by atoms with E-state index in [4.69, 9.17) is 16.3 Å². The zero-order valence-corrected chi connectivity index (χ0v) is 17.3. The van der Waals surface area contributed by atoms with Crippen LogP contribution in [0.5, 0.6) is 5.75 Å². The zero-order chi connectivity index (χ0) is 20.9. The van der Waals surface area contributed by atoms with Crippen LogP contribution in [0.3, 0.4) is 0 Å². The number of carbonyl (C=O) groups is 2. The van der Waals surface area contributed by atoms with Crippen LogP contribution in [0, 0.1) is 6.92 Å². The fraction of sp³-hybridized carbons (Fsp3) is 0.304. The fourth-order valence-corrected chi connectivity index (χ4v) is 4.85. The van der Waals surface area contributed by atoms with E-state index in [9.17, 15) is 9.59 Å². The second kappa shape index (κ2) is 6.77. The van der Waals surface area contributed by atoms with Gasteiger partial charge in [-0.15, -0.1) is 0 Å². The lowest BCUT2D eigenvalue weighted by atomic mass is 9.44. The molecule has 2 amide bonds. The number of pyridine rings is 1. The molecule has 0 radical (unpaired) electrons. The van der Waals surface area contributed by atoms with Crippen LogP contribution in [-0.4, -0.2) is 33.9 Å². The molecular formula is C23H22ClN3O3. The molecule has 0 aliphatic heterocycles. The van der Waals surface area contributed by atoms with E-state index in [1.54, 1.807) is 12.1 Å². The van der Waals surface area contributed by atoms with Gasteiger partial charge in [-0.05, 0) is 68.1 Å². The Morgan fingerprint density at radius 3 is 2.60 bits per heavy atom. The lowest BCUT2D eigenvalue weighted by molar-refractivity contribution is -0.141. The van der Waals surface area contributed by atoms with Crippen LogP contribution in [0.1, 0.15) is 35.2 Å². The number of halogens is 1. The monoisotopic (exact) mass is 423 g/mol. The van der Waals surface area contributed by atoms with Gasteiger partial charge in [-0.2, -0.15) is 0 Å². The molecule has 1 aromatic carbocycles. The predicted octanol–water partition coefficient (Wildman–Crippen LogP) is 3.50. The van der Waals surface area contributed by atoms with Gasteiger partial charge in [-0.3, -0.25) is 9.59 Å². The molecule has 2 bridgehead atoms. The van der Waals surface area contributed by atoms with E-state index in [2.05, 4.69) is 10.6 Å². The van der Waals surface area contributed by atoms with Crippen LogP contribution in [0.25, 0.3) is 5.52 Å². The second-order valence-electron chi connectivity index (χ2n) is 8.55. The molecule has 3 aliphatic rings. The van der Waals surface area contributed by atoms with Crippen LogP contribution < -0.4 is 15.4 Å². The van der Waals surface area contributed by atoms with Gasteiger partial charge in [0.2, 0.25) is 0 Å². The van der Waals surface area contributed by atoms with E-state index in [0.29, 0.717) is 16.3 Å². The van der Waals surface area contributed by atoms with E-state index in [-0.39, 0.29) is 29.5 Å². The van der Waals surface area contributed by atoms with Crippen LogP contribution in [-0.2, 0) is 4.79 Å². The van der Waals surface area contributed by atoms with Crippen LogP contribution in [0.2, 0.25) is 5.02 Å². The van der Waals surface area contributed by atoms with Crippen molar-refractivity contribution in [2.45, 2.75) is 37.3 Å². The number of hydrogen-bond donors (Lipinski definition) is 2. The van der Waals surface area contributed by atoms with Crippen LogP contribution >= 0.6 is 11.6 Å². The summed E-state index contributed by atoms with van der Waals surface area (Å²) < 4.78 is 7.50. The number of amides is 2. The van der Waals surface area contributed by atoms with Crippen molar-refractivity contribution >= 4 is 28.9 Å². The summed E-state index contributed by atoms with van der Waals surface area (Å²) in [6, 6.07) is 13.0. The summed E-state index contributed by atoms with van der Waals surface area (Å²) in [6.45, 7) is 1.85. The second-order valence-corrected chi connectivity index (χ2v) is 8.96. The molecule has 3 aromatic rings. The lowest BCUT2D eigenvalue weighted by Gasteiger charge is -2.70. The summed E-state index contributed by atoms with van der Waals surface area (Å²) >= 11 is 6.00. The van der Waals surface area contributed by atoms with Gasteiger partial charge in [0, 0.05) is 34.0 Å². The summed E-state index contributed by atoms with van der Waals surface area (Å²) in [5.41, 5.74) is 2.13. The third-order valence-electron chi connectivity index (χ3n) is 6.08. The number of fused-ring (bicyclic) bond motifs is 1. The smallest absolute Gasteiger partial charge is 0.258 e. The molecule has 3 aliphatic carbocycles. The molecule has 30 heavy (non-hydrogen) atoms. The third kappa shape index (κ3) is 3.31. The Morgan fingerprint density at radius 2 is 1.87 bits per heavy atom. The van der Waals surface area contributed by atoms with Crippen molar-refractivity contribution < 1.29 is 14.3 Å². The number of hydrogen-bond acceptors (Lipinski definition) is 3. The number of ether oxygens (including phenoxy) is 1. The summed E-state index contributed by atoms with van der Waals surface area (Å²) in [4.78, 5) is 24.9. The maximum atomic E-state index is 12.6. The average molecular weight is 424 g/mol. The van der Waals surface area contributed by atoms with Crippen molar-refractivity contribution in [2.24, 2.45) is 0 Å². The van der Waals surface area contributed by atoms with E-state index in [1.807, 2.05) is 54.0 Å². The highest BCUT2D eigenvalue weighted by Gasteiger charge is 2.69. The third-order valence-corrected chi connectivity index (χ3v) is 6.50. The molecule has 0 spiro atoms. The molecular weight excluding hydrogens is 402 g/mol. The molecule has 3 fully saturated rings. The van der Waals surface area contributed by atoms with Crippen LogP contribution in [0.15, 0.2) is 54.9 Å². The molecule has 0 unspecified atom stereocenters. The highest BCUT2D eigenvalue weighted by atomic mass is 35.5. The highest BCUT2D eigenvalue weighted by molar-refractivity contribution is 6.31. The Balaban J connectivity index is 1.12. The SMILES string of the molecule is Cc1cc(OCC(=O)NC23CC(NC(=O)c4cc5ccccn5c4)(C2)C3)ccc1Cl. The summed E-state index contributed by atoms with van der Waals surface area (Å²) in [5.74, 6) is 0.397. The number of benzene rings is 1. The van der Waals surface area contributed by atoms with Crippen molar-refractivity contribution in [1.29, 1.82) is 0 Å². The Kier molecular flexibility index (Phi) is 4.29. The van der Waals surface area contributed by atoms with Gasteiger partial charge >= 0.3 is 0 Å². The molecule has 2 heterocycles. The van der Waals surface area contributed by atoms with Gasteiger partial charge < -0.3 is 19.8 Å². The molecule has 2 aromatic heterocycles. The largest absolute Gasteiger partial charge is 0.484 e. The first-order chi connectivity index (χ1) is 14.4. The Morgan fingerprint density at radius 1 is 1.10 bits per heavy atom. The highest BCUT2D eigenvalue weighted by Crippen LogP contribution is 2.60. The topological polar surface area (TPSA) is 71.8 Å². The molecule has 154 valence electrons. The normalized spacial score (nSPS) is 23.9. The van der Waals surface area contributed by atoms with Gasteiger partial charge in [-0.1, -0.05) is 17.7 Å². The van der Waals surface area contributed by atoms with Crippen molar-refractivity contribution in [2.75, 3.05) is 6.61 Å². The molecule has 0 saturated heterocycles. The minimum Gasteiger partial charge on any atom is -0.484 e. The molecule has 7 heteroatoms. The van der Waals surface area contributed by atoms with E-state index in [1.165, 1.54) is 0 Å². The van der Waals surface area contributed by atoms with Crippen molar-refractivity contribution in [3.8, 4) is 5.75 Å². The Hall–Kier alpha value is -2.99. The fourth-order valence-electron chi connectivity index (χ4n) is 4.73. The molecule has 2 N–H and O–H groups in total. The number of rotatable bonds is 6. The number of nitrogens with one attached hydrogen (secondary N) is 2. The van der Waals surface area contributed by atoms with Gasteiger partial charge in [0.25, 0.3) is 11.8 Å². The van der Waals surface area contributed by atoms with Gasteiger partial charge in [-0.25, -0.2) is 0 Å². The minimum atomic E-state index is -0.213. The summed E-state index contributed by atoms with van der Waals surface area (Å²) in [7, 11) is 0. The average Bonchev–Trinajstić information content (AvgIpc) is 3.10. The van der Waals surface area contributed by atoms with Gasteiger partial charge in [0.05, 0.1) is 5.56 Å². The Bertz CT molecular complexity index is 1120. The zero-order valence-electron chi connectivity index (χ0n) is 16.6. The van der Waals surface area contributed by atoms with E-state index >= 15 is 0 Å². The maximum absolute atomic E-state index is 12.6. The quantitative estimate of drug-likeness (QED) is 0.637. The number of nitrogens with zero attached hydrogens (tertiary/aromatic N) is 1. The van der Waals surface area contributed by atoms with Gasteiger partial charge in [0.15, 0.2) is 6.61 Å². The Labute approximate surface area is 179 Å². The van der Waals surface area contributed by atoms with Crippen LogP contribution in [0.4, 0.5) is 0 Å². The van der Waals surface area contributed by atoms with Gasteiger partial charge in [0.1, 0.15) is 5.75 Å². The van der Waals surface area contributed by atoms with Crippen molar-refractivity contribution in [1.82, 2.24) is 15.0 Å². The molecule has 6 rings (SSSR count). The predicted molar refractivity (Wildman–Crippen MR) is 114 cm³/mol. The first-order valence-corrected chi connectivity index (χ1v) is 10.3. The van der Waals surface area contributed by atoms with E-state index in [0.717, 1.165) is 30.3 Å². The maximum Gasteiger partial charge on any atom is 0.258 e. The number of aromatic nitrogens is 1. The molecule has 3 saturated carbocycles. The molecule has 6 nitrogen and oxygen atoms in total. The van der Waals surface area contributed by atoms with Crippen molar-refractivity contribution in [3.63, 3.8) is 0 Å². The van der Waals surface area contributed by atoms with Crippen molar-refractivity contribution in [3.05, 3.63) is 71.0 Å². The first kappa shape index (κ1) is 19.0. The standard InChI is InChI=1S/C23H22ClN3O3/c1-15-8-18(5-6-19(15)24)30-11-20(28)25-22-12-23(13-22,14-22)26-21(29)16-9-17-4-2-3-7-27(17)10-16/h2-10H,11-14H2,1H3,(H,25,28)(H,26,29). The summed E-state index contributed by atoms with van der Waals surface area (Å²) in [5, 5.41) is 6.89. The van der Waals surface area contributed by atoms with E-state index < -0.39 is 0 Å². The first-order valence-electron chi connectivity index (χ1n) is 9.95. The minimum absolute atomic E-state index is 0.0422. The number of carbonyl (C=O) groups excluding carboxylic acids is 2. The number of aryl methyl sites for hydroxylation is 1. The molecule has 0 atom stereocenters. The summed E-state index contributed by atoms with van der Waals surface area (Å²) in [6.07, 6.45) is 6.02.